The molecule has 1 amide bonds. The number of amides is 1. The molecule has 1 aromatic rings. The molecule has 0 aliphatic heterocycles. The van der Waals surface area contributed by atoms with Crippen molar-refractivity contribution in [1.29, 1.82) is 0 Å². The van der Waals surface area contributed by atoms with E-state index in [-0.39, 0.29) is 5.91 Å². The Morgan fingerprint density at radius 3 is 2.70 bits per heavy atom. The van der Waals surface area contributed by atoms with Crippen LogP contribution in [0.4, 0.5) is 5.69 Å². The molecule has 0 aliphatic rings. The quantitative estimate of drug-likeness (QED) is 0.683. The van der Waals surface area contributed by atoms with Crippen LogP contribution in [0.1, 0.15) is 32.3 Å². The van der Waals surface area contributed by atoms with Crippen LogP contribution in [-0.2, 0) is 9.53 Å². The van der Waals surface area contributed by atoms with E-state index >= 15 is 0 Å². The summed E-state index contributed by atoms with van der Waals surface area (Å²) < 4.78 is 5.45. The van der Waals surface area contributed by atoms with Gasteiger partial charge >= 0.3 is 0 Å². The highest BCUT2D eigenvalue weighted by Crippen LogP contribution is 2.12. The number of ether oxygens (including phenoxy) is 1. The molecular formula is C16H26N2O2. The second-order valence-electron chi connectivity index (χ2n) is 5.17. The van der Waals surface area contributed by atoms with Crippen LogP contribution >= 0.6 is 0 Å². The Morgan fingerprint density at radius 2 is 2.00 bits per heavy atom. The number of hydrogen-bond acceptors (Lipinski definition) is 3. The number of anilines is 1. The van der Waals surface area contributed by atoms with Gasteiger partial charge in [0.05, 0.1) is 12.6 Å². The van der Waals surface area contributed by atoms with Gasteiger partial charge in [0.1, 0.15) is 0 Å². The Bertz CT molecular complexity index is 405. The van der Waals surface area contributed by atoms with Crippen LogP contribution < -0.4 is 10.6 Å². The van der Waals surface area contributed by atoms with E-state index in [1.54, 1.807) is 0 Å². The molecule has 0 saturated heterocycles. The second kappa shape index (κ2) is 9.50. The van der Waals surface area contributed by atoms with Crippen LogP contribution in [0.15, 0.2) is 24.3 Å². The van der Waals surface area contributed by atoms with E-state index in [4.69, 9.17) is 4.74 Å². The van der Waals surface area contributed by atoms with Gasteiger partial charge in [0, 0.05) is 12.3 Å². The maximum Gasteiger partial charge on any atom is 0.238 e. The molecule has 0 aliphatic carbocycles. The number of para-hydroxylation sites is 1. The van der Waals surface area contributed by atoms with E-state index < -0.39 is 0 Å². The van der Waals surface area contributed by atoms with Crippen molar-refractivity contribution in [3.63, 3.8) is 0 Å². The van der Waals surface area contributed by atoms with Gasteiger partial charge in [-0.05, 0) is 51.8 Å². The third-order valence-corrected chi connectivity index (χ3v) is 2.90. The third-order valence-electron chi connectivity index (χ3n) is 2.90. The average Bonchev–Trinajstić information content (AvgIpc) is 2.40. The fourth-order valence-corrected chi connectivity index (χ4v) is 1.78. The maximum atomic E-state index is 11.7. The molecule has 1 rings (SSSR count). The van der Waals surface area contributed by atoms with E-state index in [9.17, 15) is 4.79 Å². The molecule has 4 heteroatoms. The summed E-state index contributed by atoms with van der Waals surface area (Å²) in [6.07, 6.45) is 2.33. The summed E-state index contributed by atoms with van der Waals surface area (Å²) in [7, 11) is 0. The number of aryl methyl sites for hydroxylation is 1. The Hall–Kier alpha value is -1.39. The van der Waals surface area contributed by atoms with Gasteiger partial charge in [-0.25, -0.2) is 0 Å². The molecule has 0 radical (unpaired) electrons. The molecule has 0 atom stereocenters. The minimum Gasteiger partial charge on any atom is -0.379 e. The van der Waals surface area contributed by atoms with Crippen LogP contribution in [0.5, 0.6) is 0 Å². The number of unbranched alkanes of at least 4 members (excludes halogenated alkanes) is 1. The Kier molecular flexibility index (Phi) is 7.92. The average molecular weight is 278 g/mol. The van der Waals surface area contributed by atoms with E-state index in [0.29, 0.717) is 12.6 Å². The Labute approximate surface area is 121 Å². The van der Waals surface area contributed by atoms with Crippen molar-refractivity contribution in [1.82, 2.24) is 5.32 Å². The standard InChI is InChI=1S/C16H26N2O2/c1-13(2)20-11-7-6-10-17-12-16(19)18-15-9-5-4-8-14(15)3/h4-5,8-9,13,17H,6-7,10-12H2,1-3H3,(H,18,19). The Morgan fingerprint density at radius 1 is 1.25 bits per heavy atom. The van der Waals surface area contributed by atoms with Gasteiger partial charge in [0.15, 0.2) is 0 Å². The summed E-state index contributed by atoms with van der Waals surface area (Å²) in [5.41, 5.74) is 1.95. The molecule has 0 aromatic heterocycles. The van der Waals surface area contributed by atoms with Crippen LogP contribution in [0.2, 0.25) is 0 Å². The van der Waals surface area contributed by atoms with E-state index in [2.05, 4.69) is 10.6 Å². The maximum absolute atomic E-state index is 11.7. The van der Waals surface area contributed by atoms with Crippen LogP contribution in [0, 0.1) is 6.92 Å². The highest BCUT2D eigenvalue weighted by Gasteiger charge is 2.03. The third kappa shape index (κ3) is 7.26. The molecule has 112 valence electrons. The van der Waals surface area contributed by atoms with Crippen LogP contribution in [0.25, 0.3) is 0 Å². The summed E-state index contributed by atoms with van der Waals surface area (Å²) in [4.78, 5) is 11.7. The number of nitrogens with one attached hydrogen (secondary N) is 2. The zero-order valence-electron chi connectivity index (χ0n) is 12.7. The van der Waals surface area contributed by atoms with Gasteiger partial charge in [-0.1, -0.05) is 18.2 Å². The van der Waals surface area contributed by atoms with Gasteiger partial charge < -0.3 is 15.4 Å². The normalized spacial score (nSPS) is 10.8. The monoisotopic (exact) mass is 278 g/mol. The van der Waals surface area contributed by atoms with Crippen molar-refractivity contribution in [3.05, 3.63) is 29.8 Å². The SMILES string of the molecule is Cc1ccccc1NC(=O)CNCCCCOC(C)C. The molecule has 4 nitrogen and oxygen atoms in total. The van der Waals surface area contributed by atoms with E-state index in [0.717, 1.165) is 37.2 Å². The smallest absolute Gasteiger partial charge is 0.238 e. The lowest BCUT2D eigenvalue weighted by atomic mass is 10.2. The molecule has 2 N–H and O–H groups in total. The molecular weight excluding hydrogens is 252 g/mol. The topological polar surface area (TPSA) is 50.4 Å². The van der Waals surface area contributed by atoms with Crippen molar-refractivity contribution >= 4 is 11.6 Å². The first-order chi connectivity index (χ1) is 9.59. The van der Waals surface area contributed by atoms with Crippen molar-refractivity contribution in [2.75, 3.05) is 25.0 Å². The van der Waals surface area contributed by atoms with Crippen molar-refractivity contribution in [3.8, 4) is 0 Å². The number of benzene rings is 1. The van der Waals surface area contributed by atoms with E-state index in [1.807, 2.05) is 45.0 Å². The highest BCUT2D eigenvalue weighted by molar-refractivity contribution is 5.92. The molecule has 0 spiro atoms. The van der Waals surface area contributed by atoms with Crippen molar-refractivity contribution in [2.24, 2.45) is 0 Å². The van der Waals surface area contributed by atoms with Gasteiger partial charge in [-0.15, -0.1) is 0 Å². The summed E-state index contributed by atoms with van der Waals surface area (Å²) in [6, 6.07) is 7.78. The van der Waals surface area contributed by atoms with Gasteiger partial charge in [0.2, 0.25) is 5.91 Å². The lowest BCUT2D eigenvalue weighted by Crippen LogP contribution is -2.29. The lowest BCUT2D eigenvalue weighted by Gasteiger charge is -2.09. The minimum absolute atomic E-state index is 0.00210. The number of hydrogen-bond donors (Lipinski definition) is 2. The highest BCUT2D eigenvalue weighted by atomic mass is 16.5. The molecule has 1 aromatic carbocycles. The largest absolute Gasteiger partial charge is 0.379 e. The number of rotatable bonds is 9. The zero-order chi connectivity index (χ0) is 14.8. The number of carbonyl (C=O) groups excluding carboxylic acids is 1. The summed E-state index contributed by atoms with van der Waals surface area (Å²) in [6.45, 7) is 8.02. The zero-order valence-corrected chi connectivity index (χ0v) is 12.7. The second-order valence-corrected chi connectivity index (χ2v) is 5.17. The molecule has 0 bridgehead atoms. The predicted octanol–water partition coefficient (Wildman–Crippen LogP) is 2.73. The molecule has 0 fully saturated rings. The molecule has 20 heavy (non-hydrogen) atoms. The molecule has 0 heterocycles. The summed E-state index contributed by atoms with van der Waals surface area (Å²) in [5.74, 6) is -0.00210. The van der Waals surface area contributed by atoms with Crippen LogP contribution in [0.3, 0.4) is 0 Å². The number of carbonyl (C=O) groups is 1. The summed E-state index contributed by atoms with van der Waals surface area (Å²) >= 11 is 0. The molecule has 0 unspecified atom stereocenters. The fourth-order valence-electron chi connectivity index (χ4n) is 1.78. The van der Waals surface area contributed by atoms with Gasteiger partial charge in [-0.2, -0.15) is 0 Å². The van der Waals surface area contributed by atoms with Gasteiger partial charge in [0.25, 0.3) is 0 Å². The van der Waals surface area contributed by atoms with Crippen molar-refractivity contribution in [2.45, 2.75) is 39.7 Å². The first-order valence-corrected chi connectivity index (χ1v) is 7.27. The predicted molar refractivity (Wildman–Crippen MR) is 83.0 cm³/mol. The first kappa shape index (κ1) is 16.7. The summed E-state index contributed by atoms with van der Waals surface area (Å²) in [5, 5.41) is 6.05. The van der Waals surface area contributed by atoms with E-state index in [1.165, 1.54) is 0 Å². The Balaban J connectivity index is 2.08. The minimum atomic E-state index is -0.00210. The van der Waals surface area contributed by atoms with Crippen LogP contribution in [-0.4, -0.2) is 31.7 Å². The van der Waals surface area contributed by atoms with Gasteiger partial charge in [-0.3, -0.25) is 4.79 Å². The molecule has 0 saturated carbocycles. The first-order valence-electron chi connectivity index (χ1n) is 7.27. The lowest BCUT2D eigenvalue weighted by molar-refractivity contribution is -0.115. The van der Waals surface area contributed by atoms with Crippen molar-refractivity contribution < 1.29 is 9.53 Å². The fraction of sp³-hybridized carbons (Fsp3) is 0.562.